The molecular weight excluding hydrogens is 356 g/mol. The van der Waals surface area contributed by atoms with Crippen LogP contribution in [0.4, 0.5) is 5.69 Å². The van der Waals surface area contributed by atoms with Crippen molar-refractivity contribution in [1.82, 2.24) is 5.32 Å². The Morgan fingerprint density at radius 2 is 1.76 bits per heavy atom. The molecule has 2 aromatic rings. The molecule has 0 bridgehead atoms. The van der Waals surface area contributed by atoms with Crippen LogP contribution in [0.25, 0.3) is 0 Å². The van der Waals surface area contributed by atoms with Crippen LogP contribution in [0, 0.1) is 12.8 Å². The molecular formula is C26H38N2O. The van der Waals surface area contributed by atoms with Gasteiger partial charge in [-0.3, -0.25) is 0 Å². The van der Waals surface area contributed by atoms with Crippen molar-refractivity contribution in [3.05, 3.63) is 65.2 Å². The van der Waals surface area contributed by atoms with Crippen LogP contribution in [0.3, 0.4) is 0 Å². The van der Waals surface area contributed by atoms with Gasteiger partial charge in [0.15, 0.2) is 0 Å². The first-order chi connectivity index (χ1) is 13.9. The van der Waals surface area contributed by atoms with Crippen LogP contribution in [0.15, 0.2) is 48.5 Å². The molecule has 0 unspecified atom stereocenters. The average Bonchev–Trinajstić information content (AvgIpc) is 2.72. The summed E-state index contributed by atoms with van der Waals surface area (Å²) >= 11 is 0. The van der Waals surface area contributed by atoms with Gasteiger partial charge in [-0.2, -0.15) is 0 Å². The molecule has 0 radical (unpaired) electrons. The number of aryl methyl sites for hydroxylation is 1. The molecule has 0 saturated carbocycles. The van der Waals surface area contributed by atoms with Crippen LogP contribution in [0.2, 0.25) is 0 Å². The summed E-state index contributed by atoms with van der Waals surface area (Å²) in [5.74, 6) is 0.559. The molecule has 1 saturated heterocycles. The van der Waals surface area contributed by atoms with Gasteiger partial charge in [-0.25, -0.2) is 0 Å². The summed E-state index contributed by atoms with van der Waals surface area (Å²) in [6.45, 7) is 9.54. The Hall–Kier alpha value is -1.84. The van der Waals surface area contributed by atoms with E-state index in [1.54, 1.807) is 0 Å². The van der Waals surface area contributed by atoms with E-state index in [4.69, 9.17) is 4.74 Å². The third kappa shape index (κ3) is 5.61. The van der Waals surface area contributed by atoms with Gasteiger partial charge in [0.05, 0.1) is 6.10 Å². The standard InChI is InChI=1S/C26H38N2O/c1-20(2)25-18-26(15-17-29-25,23-10-6-21(3)7-11-23)14-16-27-19-22-8-12-24(13-9-22)28(4)5/h6-13,20,25,27H,14-19H2,1-5H3/t25-,26+/m0/s1. The highest BCUT2D eigenvalue weighted by Crippen LogP contribution is 2.41. The molecule has 0 amide bonds. The molecule has 0 aromatic heterocycles. The van der Waals surface area contributed by atoms with Gasteiger partial charge in [-0.1, -0.05) is 55.8 Å². The molecule has 0 spiro atoms. The third-order valence-corrected chi connectivity index (χ3v) is 6.47. The lowest BCUT2D eigenvalue weighted by atomic mass is 9.68. The lowest BCUT2D eigenvalue weighted by molar-refractivity contribution is -0.0469. The van der Waals surface area contributed by atoms with Crippen LogP contribution < -0.4 is 10.2 Å². The summed E-state index contributed by atoms with van der Waals surface area (Å²) in [5.41, 5.74) is 5.61. The van der Waals surface area contributed by atoms with E-state index >= 15 is 0 Å². The molecule has 3 nitrogen and oxygen atoms in total. The van der Waals surface area contributed by atoms with Gasteiger partial charge in [0, 0.05) is 38.3 Å². The highest BCUT2D eigenvalue weighted by atomic mass is 16.5. The van der Waals surface area contributed by atoms with Gasteiger partial charge in [0.2, 0.25) is 0 Å². The average molecular weight is 395 g/mol. The fourth-order valence-electron chi connectivity index (χ4n) is 4.39. The first kappa shape index (κ1) is 21.9. The number of hydrogen-bond donors (Lipinski definition) is 1. The fourth-order valence-corrected chi connectivity index (χ4v) is 4.39. The molecule has 2 aromatic carbocycles. The summed E-state index contributed by atoms with van der Waals surface area (Å²) in [5, 5.41) is 3.69. The van der Waals surface area contributed by atoms with Gasteiger partial charge in [-0.15, -0.1) is 0 Å². The molecule has 2 atom stereocenters. The summed E-state index contributed by atoms with van der Waals surface area (Å²) in [6, 6.07) is 18.0. The van der Waals surface area contributed by atoms with Crippen LogP contribution >= 0.6 is 0 Å². The van der Waals surface area contributed by atoms with E-state index in [0.29, 0.717) is 12.0 Å². The van der Waals surface area contributed by atoms with Crippen molar-refractivity contribution in [3.8, 4) is 0 Å². The number of ether oxygens (including phenoxy) is 1. The predicted octanol–water partition coefficient (Wildman–Crippen LogP) is 5.31. The minimum Gasteiger partial charge on any atom is -0.378 e. The quantitative estimate of drug-likeness (QED) is 0.614. The van der Waals surface area contributed by atoms with E-state index < -0.39 is 0 Å². The van der Waals surface area contributed by atoms with Crippen molar-refractivity contribution in [3.63, 3.8) is 0 Å². The van der Waals surface area contributed by atoms with Crippen molar-refractivity contribution in [1.29, 1.82) is 0 Å². The highest BCUT2D eigenvalue weighted by Gasteiger charge is 2.39. The SMILES string of the molecule is Cc1ccc([C@]2(CCNCc3ccc(N(C)C)cc3)CCO[C@H](C(C)C)C2)cc1. The molecule has 0 aliphatic carbocycles. The van der Waals surface area contributed by atoms with Crippen molar-refractivity contribution in [2.45, 2.75) is 58.1 Å². The van der Waals surface area contributed by atoms with Crippen LogP contribution in [0.5, 0.6) is 0 Å². The van der Waals surface area contributed by atoms with Gasteiger partial charge in [0.25, 0.3) is 0 Å². The lowest BCUT2D eigenvalue weighted by Crippen LogP contribution is -2.42. The van der Waals surface area contributed by atoms with Crippen LogP contribution in [0.1, 0.15) is 49.8 Å². The normalized spacial score (nSPS) is 22.1. The van der Waals surface area contributed by atoms with E-state index in [1.807, 2.05) is 0 Å². The van der Waals surface area contributed by atoms with Crippen LogP contribution in [-0.4, -0.2) is 33.4 Å². The molecule has 158 valence electrons. The molecule has 1 heterocycles. The largest absolute Gasteiger partial charge is 0.378 e. The second-order valence-corrected chi connectivity index (χ2v) is 9.24. The van der Waals surface area contributed by atoms with E-state index in [1.165, 1.54) is 22.4 Å². The maximum Gasteiger partial charge on any atom is 0.0606 e. The Kier molecular flexibility index (Phi) is 7.37. The molecule has 1 aliphatic heterocycles. The highest BCUT2D eigenvalue weighted by molar-refractivity contribution is 5.45. The Bertz CT molecular complexity index is 751. The van der Waals surface area contributed by atoms with Gasteiger partial charge in [0.1, 0.15) is 0 Å². The summed E-state index contributed by atoms with van der Waals surface area (Å²) in [6.07, 6.45) is 3.73. The molecule has 3 heteroatoms. The number of rotatable bonds is 8. The van der Waals surface area contributed by atoms with Crippen LogP contribution in [-0.2, 0) is 16.7 Å². The Labute approximate surface area is 177 Å². The van der Waals surface area contributed by atoms with E-state index in [0.717, 1.165) is 39.0 Å². The smallest absolute Gasteiger partial charge is 0.0606 e. The molecule has 1 fully saturated rings. The van der Waals surface area contributed by atoms with Crippen molar-refractivity contribution in [2.75, 3.05) is 32.1 Å². The van der Waals surface area contributed by atoms with Gasteiger partial charge in [-0.05, 0) is 61.9 Å². The van der Waals surface area contributed by atoms with E-state index in [2.05, 4.69) is 93.6 Å². The van der Waals surface area contributed by atoms with E-state index in [-0.39, 0.29) is 5.41 Å². The van der Waals surface area contributed by atoms with Gasteiger partial charge >= 0.3 is 0 Å². The number of nitrogens with zero attached hydrogens (tertiary/aromatic N) is 1. The van der Waals surface area contributed by atoms with E-state index in [9.17, 15) is 0 Å². The summed E-state index contributed by atoms with van der Waals surface area (Å²) in [4.78, 5) is 2.14. The molecule has 1 aliphatic rings. The minimum absolute atomic E-state index is 0.211. The zero-order valence-electron chi connectivity index (χ0n) is 18.9. The third-order valence-electron chi connectivity index (χ3n) is 6.47. The number of benzene rings is 2. The first-order valence-corrected chi connectivity index (χ1v) is 11.1. The molecule has 1 N–H and O–H groups in total. The van der Waals surface area contributed by atoms with Gasteiger partial charge < -0.3 is 15.0 Å². The predicted molar refractivity (Wildman–Crippen MR) is 124 cm³/mol. The monoisotopic (exact) mass is 394 g/mol. The van der Waals surface area contributed by atoms with Crippen molar-refractivity contribution >= 4 is 5.69 Å². The van der Waals surface area contributed by atoms with Crippen molar-refractivity contribution < 1.29 is 4.74 Å². The zero-order valence-corrected chi connectivity index (χ0v) is 18.9. The Morgan fingerprint density at radius 3 is 2.38 bits per heavy atom. The second-order valence-electron chi connectivity index (χ2n) is 9.24. The lowest BCUT2D eigenvalue weighted by Gasteiger charge is -2.43. The Morgan fingerprint density at radius 1 is 1.07 bits per heavy atom. The molecule has 3 rings (SSSR count). The number of nitrogens with one attached hydrogen (secondary N) is 1. The summed E-state index contributed by atoms with van der Waals surface area (Å²) < 4.78 is 6.12. The van der Waals surface area contributed by atoms with Crippen molar-refractivity contribution in [2.24, 2.45) is 5.92 Å². The fraction of sp³-hybridized carbons (Fsp3) is 0.538. The topological polar surface area (TPSA) is 24.5 Å². The number of anilines is 1. The maximum absolute atomic E-state index is 6.12. The zero-order chi connectivity index (χ0) is 20.9. The minimum atomic E-state index is 0.211. The second kappa shape index (κ2) is 9.77. The number of hydrogen-bond acceptors (Lipinski definition) is 3. The maximum atomic E-state index is 6.12. The first-order valence-electron chi connectivity index (χ1n) is 11.1. The molecule has 29 heavy (non-hydrogen) atoms. The Balaban J connectivity index is 1.65. The summed E-state index contributed by atoms with van der Waals surface area (Å²) in [7, 11) is 4.16.